The number of carbonyl (C=O) groups excluding carboxylic acids is 1. The SMILES string of the molecule is CC(C)(C)C[C@@H]1N[C@@H](C(N)=O)[C@H](C2C=CC=C(Cl)C2(F)F)[C@H]1C#N. The zero-order valence-corrected chi connectivity index (χ0v) is 14.6. The average Bonchev–Trinajstić information content (AvgIpc) is 2.78. The number of nitrogens with two attached hydrogens (primary N) is 1. The molecule has 0 radical (unpaired) electrons. The summed E-state index contributed by atoms with van der Waals surface area (Å²) >= 11 is 5.68. The second-order valence-electron chi connectivity index (χ2n) is 7.70. The molecule has 1 heterocycles. The molecule has 1 aliphatic carbocycles. The number of alkyl halides is 2. The van der Waals surface area contributed by atoms with E-state index in [-0.39, 0.29) is 11.5 Å². The van der Waals surface area contributed by atoms with Crippen molar-refractivity contribution in [2.75, 3.05) is 0 Å². The van der Waals surface area contributed by atoms with Crippen LogP contribution in [0.2, 0.25) is 0 Å². The minimum atomic E-state index is -3.33. The van der Waals surface area contributed by atoms with Crippen LogP contribution in [0, 0.1) is 34.5 Å². The summed E-state index contributed by atoms with van der Waals surface area (Å²) in [7, 11) is 0. The molecule has 1 saturated heterocycles. The van der Waals surface area contributed by atoms with Crippen molar-refractivity contribution in [1.82, 2.24) is 5.32 Å². The third-order valence-electron chi connectivity index (χ3n) is 4.63. The number of carbonyl (C=O) groups is 1. The van der Waals surface area contributed by atoms with Crippen LogP contribution in [-0.4, -0.2) is 23.9 Å². The van der Waals surface area contributed by atoms with Crippen molar-refractivity contribution in [3.63, 3.8) is 0 Å². The molecule has 2 aliphatic rings. The third kappa shape index (κ3) is 3.47. The third-order valence-corrected chi connectivity index (χ3v) is 5.01. The van der Waals surface area contributed by atoms with Crippen LogP contribution in [0.1, 0.15) is 27.2 Å². The lowest BCUT2D eigenvalue weighted by Gasteiger charge is -2.34. The minimum absolute atomic E-state index is 0.133. The highest BCUT2D eigenvalue weighted by Gasteiger charge is 2.57. The molecule has 4 nitrogen and oxygen atoms in total. The molecule has 0 saturated carbocycles. The molecule has 1 unspecified atom stereocenters. The number of rotatable bonds is 3. The van der Waals surface area contributed by atoms with Crippen molar-refractivity contribution in [3.8, 4) is 6.07 Å². The lowest BCUT2D eigenvalue weighted by Crippen LogP contribution is -2.48. The molecule has 2 rings (SSSR count). The molecule has 24 heavy (non-hydrogen) atoms. The van der Waals surface area contributed by atoms with Crippen molar-refractivity contribution in [2.45, 2.75) is 45.2 Å². The van der Waals surface area contributed by atoms with Crippen LogP contribution < -0.4 is 11.1 Å². The Morgan fingerprint density at radius 2 is 2.12 bits per heavy atom. The van der Waals surface area contributed by atoms with Gasteiger partial charge in [-0.3, -0.25) is 4.79 Å². The van der Waals surface area contributed by atoms with Crippen LogP contribution in [0.5, 0.6) is 0 Å². The highest BCUT2D eigenvalue weighted by molar-refractivity contribution is 6.30. The van der Waals surface area contributed by atoms with Crippen molar-refractivity contribution >= 4 is 17.5 Å². The van der Waals surface area contributed by atoms with Crippen molar-refractivity contribution < 1.29 is 13.6 Å². The maximum atomic E-state index is 14.6. The first-order chi connectivity index (χ1) is 11.0. The van der Waals surface area contributed by atoms with E-state index in [9.17, 15) is 18.8 Å². The molecular formula is C17H22ClF2N3O. The van der Waals surface area contributed by atoms with Gasteiger partial charge in [-0.05, 0) is 17.9 Å². The molecule has 5 atom stereocenters. The zero-order chi connectivity index (χ0) is 18.3. The van der Waals surface area contributed by atoms with E-state index in [0.717, 1.165) is 6.08 Å². The monoisotopic (exact) mass is 357 g/mol. The van der Waals surface area contributed by atoms with Crippen molar-refractivity contribution in [1.29, 1.82) is 5.26 Å². The molecule has 1 amide bonds. The number of allylic oxidation sites excluding steroid dienone is 4. The Labute approximate surface area is 145 Å². The summed E-state index contributed by atoms with van der Waals surface area (Å²) in [6, 6.07) is 0.743. The molecule has 0 aromatic carbocycles. The van der Waals surface area contributed by atoms with Crippen LogP contribution in [0.25, 0.3) is 0 Å². The first-order valence-electron chi connectivity index (χ1n) is 7.86. The summed E-state index contributed by atoms with van der Waals surface area (Å²) in [6.45, 7) is 5.97. The largest absolute Gasteiger partial charge is 0.368 e. The predicted molar refractivity (Wildman–Crippen MR) is 88.1 cm³/mol. The first kappa shape index (κ1) is 18.9. The number of halogens is 3. The van der Waals surface area contributed by atoms with Gasteiger partial charge in [0, 0.05) is 12.0 Å². The average molecular weight is 358 g/mol. The van der Waals surface area contributed by atoms with Crippen LogP contribution in [0.4, 0.5) is 8.78 Å². The van der Waals surface area contributed by atoms with E-state index in [4.69, 9.17) is 17.3 Å². The fourth-order valence-corrected chi connectivity index (χ4v) is 3.86. The number of nitrogens with one attached hydrogen (secondary N) is 1. The lowest BCUT2D eigenvalue weighted by atomic mass is 9.72. The molecule has 7 heteroatoms. The molecule has 0 aromatic rings. The summed E-state index contributed by atoms with van der Waals surface area (Å²) in [5.74, 6) is -7.11. The summed E-state index contributed by atoms with van der Waals surface area (Å²) in [5.41, 5.74) is 5.30. The van der Waals surface area contributed by atoms with Crippen molar-refractivity contribution in [2.24, 2.45) is 28.9 Å². The normalized spacial score (nSPS) is 35.4. The molecule has 1 fully saturated rings. The fraction of sp³-hybridized carbons (Fsp3) is 0.647. The Morgan fingerprint density at radius 1 is 1.50 bits per heavy atom. The second-order valence-corrected chi connectivity index (χ2v) is 8.11. The quantitative estimate of drug-likeness (QED) is 0.815. The zero-order valence-electron chi connectivity index (χ0n) is 13.9. The van der Waals surface area contributed by atoms with E-state index < -0.39 is 40.7 Å². The van der Waals surface area contributed by atoms with Gasteiger partial charge in [0.05, 0.1) is 29.0 Å². The van der Waals surface area contributed by atoms with E-state index in [1.807, 2.05) is 20.8 Å². The van der Waals surface area contributed by atoms with Crippen LogP contribution in [-0.2, 0) is 4.79 Å². The van der Waals surface area contributed by atoms with E-state index in [2.05, 4.69) is 11.4 Å². The van der Waals surface area contributed by atoms with Gasteiger partial charge >= 0.3 is 0 Å². The highest BCUT2D eigenvalue weighted by atomic mass is 35.5. The highest BCUT2D eigenvalue weighted by Crippen LogP contribution is 2.48. The maximum absolute atomic E-state index is 14.6. The van der Waals surface area contributed by atoms with Crippen molar-refractivity contribution in [3.05, 3.63) is 23.3 Å². The van der Waals surface area contributed by atoms with E-state index >= 15 is 0 Å². The number of amides is 1. The van der Waals surface area contributed by atoms with Gasteiger partial charge < -0.3 is 11.1 Å². The number of primary amides is 1. The molecule has 0 aromatic heterocycles. The molecule has 3 N–H and O–H groups in total. The summed E-state index contributed by atoms with van der Waals surface area (Å²) in [5, 5.41) is 12.0. The molecule has 0 bridgehead atoms. The van der Waals surface area contributed by atoms with Gasteiger partial charge in [-0.15, -0.1) is 0 Å². The van der Waals surface area contributed by atoms with Gasteiger partial charge in [0.1, 0.15) is 0 Å². The number of hydrogen-bond donors (Lipinski definition) is 2. The maximum Gasteiger partial charge on any atom is 0.290 e. The van der Waals surface area contributed by atoms with E-state index in [1.165, 1.54) is 12.2 Å². The Morgan fingerprint density at radius 3 is 2.62 bits per heavy atom. The van der Waals surface area contributed by atoms with Gasteiger partial charge in [-0.2, -0.15) is 14.0 Å². The molecule has 1 aliphatic heterocycles. The molecule has 0 spiro atoms. The van der Waals surface area contributed by atoms with Gasteiger partial charge in [-0.25, -0.2) is 0 Å². The Kier molecular flexibility index (Phi) is 5.08. The Balaban J connectivity index is 2.41. The van der Waals surface area contributed by atoms with Gasteiger partial charge in [-0.1, -0.05) is 44.5 Å². The second kappa shape index (κ2) is 6.45. The van der Waals surface area contributed by atoms with Crippen LogP contribution >= 0.6 is 11.6 Å². The smallest absolute Gasteiger partial charge is 0.290 e. The van der Waals surface area contributed by atoms with Gasteiger partial charge in [0.2, 0.25) is 5.91 Å². The predicted octanol–water partition coefficient (Wildman–Crippen LogP) is 2.95. The topological polar surface area (TPSA) is 78.9 Å². The fourth-order valence-electron chi connectivity index (χ4n) is 3.67. The number of nitrogens with zero attached hydrogens (tertiary/aromatic N) is 1. The molecule has 132 valence electrons. The number of nitriles is 1. The standard InChI is InChI=1S/C17H22ClF2N3O/c1-16(2,3)7-11-9(8-21)13(14(23-11)15(22)24)10-5-4-6-12(18)17(10,19)20/h4-6,9-11,13-14,23H,7H2,1-3H3,(H2,22,24)/t9-,10?,11-,13-,14+/m0/s1. The van der Waals surface area contributed by atoms with E-state index in [1.54, 1.807) is 0 Å². The van der Waals surface area contributed by atoms with Gasteiger partial charge in [0.15, 0.2) is 0 Å². The van der Waals surface area contributed by atoms with Crippen LogP contribution in [0.15, 0.2) is 23.3 Å². The minimum Gasteiger partial charge on any atom is -0.368 e. The summed E-state index contributed by atoms with van der Waals surface area (Å²) < 4.78 is 29.2. The number of hydrogen-bond acceptors (Lipinski definition) is 3. The first-order valence-corrected chi connectivity index (χ1v) is 8.24. The summed E-state index contributed by atoms with van der Waals surface area (Å²) in [6.07, 6.45) is 4.46. The van der Waals surface area contributed by atoms with Gasteiger partial charge in [0.25, 0.3) is 5.92 Å². The summed E-state index contributed by atoms with van der Waals surface area (Å²) in [4.78, 5) is 11.9. The Bertz CT molecular complexity index is 618. The molecular weight excluding hydrogens is 336 g/mol. The lowest BCUT2D eigenvalue weighted by molar-refractivity contribution is -0.122. The van der Waals surface area contributed by atoms with Crippen LogP contribution in [0.3, 0.4) is 0 Å². The Hall–Kier alpha value is -1.45. The van der Waals surface area contributed by atoms with E-state index in [0.29, 0.717) is 6.42 Å².